The lowest BCUT2D eigenvalue weighted by atomic mass is 10.1. The van der Waals surface area contributed by atoms with Gasteiger partial charge >= 0.3 is 11.9 Å². The van der Waals surface area contributed by atoms with E-state index in [4.69, 9.17) is 5.73 Å². The van der Waals surface area contributed by atoms with Gasteiger partial charge in [-0.05, 0) is 63.0 Å². The fourth-order valence-electron chi connectivity index (χ4n) is 4.51. The monoisotopic (exact) mass is 478 g/mol. The highest BCUT2D eigenvalue weighted by Gasteiger charge is 2.39. The molecule has 9 nitrogen and oxygen atoms in total. The first-order valence-corrected chi connectivity index (χ1v) is 12.0. The number of ether oxygens (including phenoxy) is 1. The highest BCUT2D eigenvalue weighted by Crippen LogP contribution is 2.26. The number of nitrogens with one attached hydrogen (secondary N) is 2. The van der Waals surface area contributed by atoms with Crippen LogP contribution in [0.25, 0.3) is 0 Å². The molecule has 6 rings (SSSR count). The average molecular weight is 479 g/mol. The molecule has 0 bridgehead atoms. The summed E-state index contributed by atoms with van der Waals surface area (Å²) in [6.07, 6.45) is 4.37. The number of benzene rings is 2. The van der Waals surface area contributed by atoms with Crippen molar-refractivity contribution in [1.29, 1.82) is 0 Å². The number of rotatable bonds is 1. The van der Waals surface area contributed by atoms with Gasteiger partial charge in [-0.1, -0.05) is 24.3 Å². The minimum absolute atomic E-state index is 0.0103. The van der Waals surface area contributed by atoms with Gasteiger partial charge in [-0.15, -0.1) is 0 Å². The molecule has 0 aromatic heterocycles. The maximum Gasteiger partial charge on any atom is 0.346 e. The van der Waals surface area contributed by atoms with Crippen molar-refractivity contribution in [1.82, 2.24) is 15.5 Å². The molecule has 0 radical (unpaired) electrons. The van der Waals surface area contributed by atoms with E-state index < -0.39 is 11.9 Å². The van der Waals surface area contributed by atoms with Gasteiger partial charge in [-0.2, -0.15) is 0 Å². The summed E-state index contributed by atoms with van der Waals surface area (Å²) in [5, 5.41) is 6.44. The summed E-state index contributed by atoms with van der Waals surface area (Å²) in [6, 6.07) is 14.0. The molecule has 2 saturated heterocycles. The number of carbonyl (C=O) groups excluding carboxylic acids is 4. The zero-order valence-corrected chi connectivity index (χ0v) is 19.5. The number of carbonyl (C=O) groups is 4. The van der Waals surface area contributed by atoms with Gasteiger partial charge in [-0.3, -0.25) is 14.5 Å². The number of esters is 2. The molecule has 2 fully saturated rings. The van der Waals surface area contributed by atoms with Crippen molar-refractivity contribution >= 4 is 23.8 Å². The smallest absolute Gasteiger partial charge is 0.346 e. The lowest BCUT2D eigenvalue weighted by Gasteiger charge is -2.29. The Morgan fingerprint density at radius 2 is 1.20 bits per heavy atom. The van der Waals surface area contributed by atoms with Crippen LogP contribution in [0.2, 0.25) is 0 Å². The van der Waals surface area contributed by atoms with Crippen LogP contribution in [-0.4, -0.2) is 66.9 Å². The molecule has 2 atom stereocenters. The quantitative estimate of drug-likeness (QED) is 0.321. The standard InChI is InChI=1S/C13H14N2O2.C8H4O3.C5H12N2/c16-12-10-5-1-2-6-11(10)13(17)15(12)9-4-3-7-14-8-9;9-7-5-3-1-2-4-6(5)8(10)11-7;6-5-2-1-3-7-4-5/h1-2,5-6,9,14H,3-4,7-8H2;1-4H;5,7H,1-4,6H2. The molecule has 4 aliphatic heterocycles. The molecular formula is C26H30N4O5. The van der Waals surface area contributed by atoms with Crippen LogP contribution in [0.3, 0.4) is 0 Å². The fraction of sp³-hybridized carbons (Fsp3) is 0.385. The second kappa shape index (κ2) is 11.4. The van der Waals surface area contributed by atoms with E-state index in [0.29, 0.717) is 34.8 Å². The highest BCUT2D eigenvalue weighted by molar-refractivity contribution is 6.21. The normalized spacial score (nSPS) is 22.8. The van der Waals surface area contributed by atoms with E-state index in [2.05, 4.69) is 15.4 Å². The Morgan fingerprint density at radius 3 is 1.60 bits per heavy atom. The summed E-state index contributed by atoms with van der Waals surface area (Å²) in [6.45, 7) is 3.86. The number of hydrogen-bond acceptors (Lipinski definition) is 8. The Labute approximate surface area is 204 Å². The van der Waals surface area contributed by atoms with Crippen molar-refractivity contribution in [2.75, 3.05) is 26.2 Å². The zero-order valence-electron chi connectivity index (χ0n) is 19.5. The molecule has 2 aromatic carbocycles. The van der Waals surface area contributed by atoms with Gasteiger partial charge in [0.05, 0.1) is 28.3 Å². The first-order chi connectivity index (χ1) is 17.0. The van der Waals surface area contributed by atoms with Crippen LogP contribution in [0, 0.1) is 0 Å². The Bertz CT molecular complexity index is 1040. The van der Waals surface area contributed by atoms with Crippen LogP contribution in [0.1, 0.15) is 67.1 Å². The maximum absolute atomic E-state index is 12.2. The zero-order chi connectivity index (χ0) is 24.8. The topological polar surface area (TPSA) is 131 Å². The fourth-order valence-corrected chi connectivity index (χ4v) is 4.51. The first kappa shape index (κ1) is 24.7. The molecule has 2 unspecified atom stereocenters. The molecule has 2 aromatic rings. The molecule has 4 aliphatic rings. The lowest BCUT2D eigenvalue weighted by molar-refractivity contribution is 0.0441. The second-order valence-corrected chi connectivity index (χ2v) is 8.86. The SMILES string of the molecule is NC1CCCNC1.O=C1OC(=O)c2ccccc21.O=C1c2ccccc2C(=O)N1C1CCCNC1. The summed E-state index contributed by atoms with van der Waals surface area (Å²) in [7, 11) is 0. The molecule has 0 aliphatic carbocycles. The minimum atomic E-state index is -0.550. The van der Waals surface area contributed by atoms with Gasteiger partial charge in [0.25, 0.3) is 11.8 Å². The van der Waals surface area contributed by atoms with E-state index in [0.717, 1.165) is 32.5 Å². The molecule has 2 amide bonds. The van der Waals surface area contributed by atoms with Crippen LogP contribution in [-0.2, 0) is 4.74 Å². The first-order valence-electron chi connectivity index (χ1n) is 12.0. The number of amides is 2. The van der Waals surface area contributed by atoms with Crippen molar-refractivity contribution in [3.63, 3.8) is 0 Å². The maximum atomic E-state index is 12.2. The third-order valence-corrected chi connectivity index (χ3v) is 6.35. The van der Waals surface area contributed by atoms with Crippen LogP contribution in [0.15, 0.2) is 48.5 Å². The van der Waals surface area contributed by atoms with E-state index in [1.165, 1.54) is 17.7 Å². The molecule has 35 heavy (non-hydrogen) atoms. The van der Waals surface area contributed by atoms with Crippen molar-refractivity contribution in [3.05, 3.63) is 70.8 Å². The van der Waals surface area contributed by atoms with Gasteiger partial charge in [0, 0.05) is 19.1 Å². The Kier molecular flexibility index (Phi) is 8.02. The predicted octanol–water partition coefficient (Wildman–Crippen LogP) is 1.73. The van der Waals surface area contributed by atoms with Gasteiger partial charge in [0.2, 0.25) is 0 Å². The number of piperidine rings is 2. The summed E-state index contributed by atoms with van der Waals surface area (Å²) in [5.41, 5.74) is 7.38. The molecule has 9 heteroatoms. The number of imide groups is 1. The van der Waals surface area contributed by atoms with Gasteiger partial charge < -0.3 is 21.1 Å². The molecule has 0 saturated carbocycles. The van der Waals surface area contributed by atoms with Crippen LogP contribution in [0.5, 0.6) is 0 Å². The van der Waals surface area contributed by atoms with Crippen LogP contribution < -0.4 is 16.4 Å². The van der Waals surface area contributed by atoms with Crippen molar-refractivity contribution < 1.29 is 23.9 Å². The third kappa shape index (κ3) is 5.64. The van der Waals surface area contributed by atoms with Crippen molar-refractivity contribution in [2.24, 2.45) is 5.73 Å². The van der Waals surface area contributed by atoms with Crippen LogP contribution >= 0.6 is 0 Å². The molecule has 4 N–H and O–H groups in total. The predicted molar refractivity (Wildman–Crippen MR) is 129 cm³/mol. The molecule has 184 valence electrons. The molecular weight excluding hydrogens is 448 g/mol. The number of nitrogens with two attached hydrogens (primary N) is 1. The van der Waals surface area contributed by atoms with E-state index in [1.807, 2.05) is 0 Å². The van der Waals surface area contributed by atoms with Gasteiger partial charge in [0.1, 0.15) is 0 Å². The number of cyclic esters (lactones) is 2. The van der Waals surface area contributed by atoms with E-state index in [9.17, 15) is 19.2 Å². The van der Waals surface area contributed by atoms with E-state index in [-0.39, 0.29) is 17.9 Å². The van der Waals surface area contributed by atoms with Crippen LogP contribution in [0.4, 0.5) is 0 Å². The Hall–Kier alpha value is -3.40. The minimum Gasteiger partial charge on any atom is -0.386 e. The van der Waals surface area contributed by atoms with Crippen molar-refractivity contribution in [3.8, 4) is 0 Å². The van der Waals surface area contributed by atoms with Gasteiger partial charge in [0.15, 0.2) is 0 Å². The summed E-state index contributed by atoms with van der Waals surface area (Å²) < 4.78 is 4.35. The van der Waals surface area contributed by atoms with E-state index >= 15 is 0 Å². The summed E-state index contributed by atoms with van der Waals surface area (Å²) >= 11 is 0. The summed E-state index contributed by atoms with van der Waals surface area (Å²) in [4.78, 5) is 47.5. The number of hydrogen-bond donors (Lipinski definition) is 3. The summed E-state index contributed by atoms with van der Waals surface area (Å²) in [5.74, 6) is -1.38. The Morgan fingerprint density at radius 1 is 0.714 bits per heavy atom. The number of nitrogens with zero attached hydrogens (tertiary/aromatic N) is 1. The van der Waals surface area contributed by atoms with Crippen molar-refractivity contribution in [2.45, 2.75) is 37.8 Å². The Balaban J connectivity index is 0.000000137. The highest BCUT2D eigenvalue weighted by atomic mass is 16.6. The molecule has 4 heterocycles. The average Bonchev–Trinajstić information content (AvgIpc) is 3.33. The van der Waals surface area contributed by atoms with E-state index in [1.54, 1.807) is 48.5 Å². The number of fused-ring (bicyclic) bond motifs is 2. The second-order valence-electron chi connectivity index (χ2n) is 8.86. The molecule has 0 spiro atoms. The third-order valence-electron chi connectivity index (χ3n) is 6.35. The largest absolute Gasteiger partial charge is 0.386 e. The van der Waals surface area contributed by atoms with Gasteiger partial charge in [-0.25, -0.2) is 9.59 Å². The lowest BCUT2D eigenvalue weighted by Crippen LogP contribution is -2.48.